The molecule has 0 bridgehead atoms. The van der Waals surface area contributed by atoms with Crippen LogP contribution in [0.1, 0.15) is 39.5 Å². The third-order valence-corrected chi connectivity index (χ3v) is 3.23. The minimum atomic E-state index is -0.472. The molecule has 0 radical (unpaired) electrons. The van der Waals surface area contributed by atoms with E-state index in [0.29, 0.717) is 0 Å². The standard InChI is InChI=1S/C7H14N.C7H10N.2ClH.Pt/c2*1-2-7-3-5-8-6-4-7;;;/h7H,2-6H2,1H3;3-5H,2,6H2,1H3;2*1H;/q2*-1;;;+4/p-2. The van der Waals surface area contributed by atoms with E-state index in [9.17, 15) is 0 Å². The van der Waals surface area contributed by atoms with Gasteiger partial charge in [-0.3, -0.25) is 0 Å². The first kappa shape index (κ1) is 19.5. The van der Waals surface area contributed by atoms with Gasteiger partial charge < -0.3 is 10.6 Å². The zero-order valence-corrected chi connectivity index (χ0v) is 15.5. The van der Waals surface area contributed by atoms with E-state index in [-0.39, 0.29) is 0 Å². The molecule has 0 saturated carbocycles. The van der Waals surface area contributed by atoms with E-state index in [4.69, 9.17) is 18.8 Å². The van der Waals surface area contributed by atoms with Gasteiger partial charge in [-0.2, -0.15) is 6.20 Å². The van der Waals surface area contributed by atoms with E-state index < -0.39 is 16.5 Å². The van der Waals surface area contributed by atoms with Crippen LogP contribution in [-0.4, -0.2) is 19.6 Å². The summed E-state index contributed by atoms with van der Waals surface area (Å²) in [5.74, 6) is 0.993. The van der Waals surface area contributed by atoms with Gasteiger partial charge in [0, 0.05) is 0 Å². The molecular formula is C14H24Cl2N2Pt. The van der Waals surface area contributed by atoms with Crippen molar-refractivity contribution in [2.75, 3.05) is 19.6 Å². The Labute approximate surface area is 134 Å². The van der Waals surface area contributed by atoms with Gasteiger partial charge >= 0.3 is 35.3 Å². The van der Waals surface area contributed by atoms with Crippen molar-refractivity contribution in [2.45, 2.75) is 39.5 Å². The van der Waals surface area contributed by atoms with Gasteiger partial charge in [0.2, 0.25) is 0 Å². The average molecular weight is 486 g/mol. The summed E-state index contributed by atoms with van der Waals surface area (Å²) >= 11 is -0.472. The molecule has 114 valence electrons. The van der Waals surface area contributed by atoms with E-state index in [2.05, 4.69) is 36.6 Å². The van der Waals surface area contributed by atoms with Crippen molar-refractivity contribution < 1.29 is 16.5 Å². The molecule has 5 heteroatoms. The van der Waals surface area contributed by atoms with Crippen LogP contribution in [0.5, 0.6) is 0 Å². The molecule has 19 heavy (non-hydrogen) atoms. The quantitative estimate of drug-likeness (QED) is 0.474. The zero-order chi connectivity index (χ0) is 14.3. The molecule has 2 nitrogen and oxygen atoms in total. The Morgan fingerprint density at radius 3 is 2.21 bits per heavy atom. The molecule has 2 aliphatic heterocycles. The van der Waals surface area contributed by atoms with Crippen LogP contribution in [0.4, 0.5) is 0 Å². The van der Waals surface area contributed by atoms with Crippen molar-refractivity contribution in [1.29, 1.82) is 0 Å². The van der Waals surface area contributed by atoms with E-state index in [0.717, 1.165) is 32.0 Å². The molecule has 0 N–H and O–H groups in total. The Bertz CT molecular complexity index is 252. The summed E-state index contributed by atoms with van der Waals surface area (Å²) in [6.45, 7) is 7.55. The van der Waals surface area contributed by atoms with E-state index in [1.165, 1.54) is 24.8 Å². The Morgan fingerprint density at radius 1 is 1.26 bits per heavy atom. The van der Waals surface area contributed by atoms with Gasteiger partial charge in [-0.05, 0) is 12.3 Å². The number of piperidine rings is 1. The maximum atomic E-state index is 4.88. The Kier molecular flexibility index (Phi) is 15.3. The van der Waals surface area contributed by atoms with Crippen LogP contribution in [0.2, 0.25) is 0 Å². The van der Waals surface area contributed by atoms with Gasteiger partial charge in [-0.25, -0.2) is 0 Å². The summed E-state index contributed by atoms with van der Waals surface area (Å²) in [5.41, 5.74) is 1.40. The first-order valence-electron chi connectivity index (χ1n) is 6.76. The first-order valence-corrected chi connectivity index (χ1v) is 12.4. The van der Waals surface area contributed by atoms with Gasteiger partial charge in [-0.1, -0.05) is 50.8 Å². The van der Waals surface area contributed by atoms with Gasteiger partial charge in [0.05, 0.1) is 0 Å². The monoisotopic (exact) mass is 485 g/mol. The minimum absolute atomic E-state index is 0.472. The van der Waals surface area contributed by atoms with Crippen molar-refractivity contribution in [2.24, 2.45) is 5.92 Å². The molecule has 0 amide bonds. The number of rotatable bonds is 2. The van der Waals surface area contributed by atoms with E-state index in [1.54, 1.807) is 0 Å². The normalized spacial score (nSPS) is 18.4. The number of allylic oxidation sites excluding steroid dienone is 2. The predicted octanol–water partition coefficient (Wildman–Crippen LogP) is 5.78. The van der Waals surface area contributed by atoms with E-state index in [1.807, 2.05) is 6.20 Å². The summed E-state index contributed by atoms with van der Waals surface area (Å²) in [5, 5.41) is 8.29. The van der Waals surface area contributed by atoms with Crippen LogP contribution in [0.25, 0.3) is 10.6 Å². The van der Waals surface area contributed by atoms with Crippen LogP contribution < -0.4 is 0 Å². The molecular weight excluding hydrogens is 462 g/mol. The second kappa shape index (κ2) is 14.9. The van der Waals surface area contributed by atoms with Crippen LogP contribution >= 0.6 is 18.8 Å². The topological polar surface area (TPSA) is 28.2 Å². The van der Waals surface area contributed by atoms with Crippen molar-refractivity contribution in [3.63, 3.8) is 0 Å². The Hall–Kier alpha value is 0.508. The molecule has 0 spiro atoms. The summed E-state index contributed by atoms with van der Waals surface area (Å²) in [7, 11) is 9.75. The SMILES string of the molecule is CCC1=CC[N-]C=C1.CCC1CC[N-]CC1.[Cl][Pt+2][Cl]. The fourth-order valence-electron chi connectivity index (χ4n) is 1.92. The molecule has 0 aromatic carbocycles. The molecule has 2 aliphatic rings. The van der Waals surface area contributed by atoms with Gasteiger partial charge in [0.15, 0.2) is 0 Å². The molecule has 1 saturated heterocycles. The molecule has 1 fully saturated rings. The van der Waals surface area contributed by atoms with Crippen molar-refractivity contribution in [3.8, 4) is 0 Å². The number of halogens is 2. The van der Waals surface area contributed by atoms with Crippen LogP contribution in [0, 0.1) is 5.92 Å². The van der Waals surface area contributed by atoms with Crippen LogP contribution in [0.3, 0.4) is 0 Å². The van der Waals surface area contributed by atoms with E-state index >= 15 is 0 Å². The fraction of sp³-hybridized carbons (Fsp3) is 0.714. The molecule has 2 rings (SSSR count). The maximum absolute atomic E-state index is 4.88. The van der Waals surface area contributed by atoms with Gasteiger partial charge in [-0.15, -0.1) is 19.6 Å². The molecule has 0 aromatic rings. The van der Waals surface area contributed by atoms with Gasteiger partial charge in [0.1, 0.15) is 0 Å². The van der Waals surface area contributed by atoms with Crippen molar-refractivity contribution >= 4 is 18.8 Å². The number of hydrogen-bond donors (Lipinski definition) is 0. The third kappa shape index (κ3) is 12.0. The van der Waals surface area contributed by atoms with Gasteiger partial charge in [0.25, 0.3) is 0 Å². The molecule has 0 unspecified atom stereocenters. The number of hydrogen-bond acceptors (Lipinski definition) is 0. The number of nitrogens with zero attached hydrogens (tertiary/aromatic N) is 2. The van der Waals surface area contributed by atoms with Crippen LogP contribution in [0.15, 0.2) is 23.9 Å². The molecule has 0 aliphatic carbocycles. The van der Waals surface area contributed by atoms with Crippen molar-refractivity contribution in [1.82, 2.24) is 0 Å². The summed E-state index contributed by atoms with van der Waals surface area (Å²) in [6.07, 6.45) is 11.3. The fourth-order valence-corrected chi connectivity index (χ4v) is 1.92. The molecule has 0 aromatic heterocycles. The molecule has 2 heterocycles. The van der Waals surface area contributed by atoms with Crippen LogP contribution in [-0.2, 0) is 16.5 Å². The molecule has 0 atom stereocenters. The predicted molar refractivity (Wildman–Crippen MR) is 83.6 cm³/mol. The summed E-state index contributed by atoms with van der Waals surface area (Å²) in [6, 6.07) is 0. The summed E-state index contributed by atoms with van der Waals surface area (Å²) in [4.78, 5) is 0. The zero-order valence-electron chi connectivity index (χ0n) is 11.7. The summed E-state index contributed by atoms with van der Waals surface area (Å²) < 4.78 is 0. The third-order valence-electron chi connectivity index (χ3n) is 3.23. The first-order chi connectivity index (χ1) is 9.28. The average Bonchev–Trinajstić information content (AvgIpc) is 2.50. The second-order valence-electron chi connectivity index (χ2n) is 4.38. The Balaban J connectivity index is 0.000000284. The second-order valence-corrected chi connectivity index (χ2v) is 7.66. The van der Waals surface area contributed by atoms with Crippen molar-refractivity contribution in [3.05, 3.63) is 34.6 Å². The Morgan fingerprint density at radius 2 is 1.89 bits per heavy atom.